The summed E-state index contributed by atoms with van der Waals surface area (Å²) in [4.78, 5) is 20.3. The monoisotopic (exact) mass is 417 g/mol. The van der Waals surface area contributed by atoms with Gasteiger partial charge in [0.05, 0.1) is 11.3 Å². The fourth-order valence-electron chi connectivity index (χ4n) is 3.26. The lowest BCUT2D eigenvalue weighted by Gasteiger charge is -2.25. The molecular weight excluding hydrogens is 399 g/mol. The predicted molar refractivity (Wildman–Crippen MR) is 106 cm³/mol. The fraction of sp³-hybridized carbons (Fsp3) is 0.238. The van der Waals surface area contributed by atoms with Crippen LogP contribution in [-0.4, -0.2) is 22.3 Å². The molecule has 0 unspecified atom stereocenters. The number of alkyl halides is 3. The van der Waals surface area contributed by atoms with Gasteiger partial charge < -0.3 is 0 Å². The number of rotatable bonds is 4. The Morgan fingerprint density at radius 3 is 2.52 bits per heavy atom. The fourth-order valence-corrected chi connectivity index (χ4v) is 4.30. The largest absolute Gasteiger partial charge is 0.416 e. The standard InChI is InChI=1S/C21H18F3N3OS/c22-21(23,24)16-8-6-15(7-9-16)19(28)26-20-25-17-10-11-27(13-18(17)29-20)12-14-4-2-1-3-5-14/h1-9H,10-13H2,(H,25,26,28). The Bertz CT molecular complexity index is 1000. The molecule has 4 nitrogen and oxygen atoms in total. The highest BCUT2D eigenvalue weighted by Gasteiger charge is 2.30. The summed E-state index contributed by atoms with van der Waals surface area (Å²) in [5.74, 6) is -0.467. The zero-order valence-corrected chi connectivity index (χ0v) is 16.2. The SMILES string of the molecule is O=C(Nc1nc2c(s1)CN(Cc1ccccc1)CC2)c1ccc(C(F)(F)F)cc1. The van der Waals surface area contributed by atoms with Crippen LogP contribution in [0.15, 0.2) is 54.6 Å². The molecule has 1 N–H and O–H groups in total. The van der Waals surface area contributed by atoms with Gasteiger partial charge in [-0.3, -0.25) is 15.0 Å². The van der Waals surface area contributed by atoms with E-state index in [1.54, 1.807) is 0 Å². The van der Waals surface area contributed by atoms with Gasteiger partial charge >= 0.3 is 6.18 Å². The van der Waals surface area contributed by atoms with Crippen LogP contribution in [0, 0.1) is 0 Å². The van der Waals surface area contributed by atoms with Crippen molar-refractivity contribution in [1.29, 1.82) is 0 Å². The van der Waals surface area contributed by atoms with Crippen molar-refractivity contribution in [2.45, 2.75) is 25.7 Å². The number of hydrogen-bond donors (Lipinski definition) is 1. The van der Waals surface area contributed by atoms with Crippen molar-refractivity contribution in [3.05, 3.63) is 81.9 Å². The first-order valence-electron chi connectivity index (χ1n) is 9.12. The number of fused-ring (bicyclic) bond motifs is 1. The molecule has 0 saturated heterocycles. The molecule has 8 heteroatoms. The van der Waals surface area contributed by atoms with Gasteiger partial charge in [-0.1, -0.05) is 30.3 Å². The molecule has 2 aromatic carbocycles. The van der Waals surface area contributed by atoms with Crippen LogP contribution in [0.1, 0.15) is 32.1 Å². The second-order valence-electron chi connectivity index (χ2n) is 6.86. The number of aromatic nitrogens is 1. The first-order valence-corrected chi connectivity index (χ1v) is 9.93. The maximum atomic E-state index is 12.7. The maximum absolute atomic E-state index is 12.7. The lowest BCUT2D eigenvalue weighted by Crippen LogP contribution is -2.29. The van der Waals surface area contributed by atoms with E-state index < -0.39 is 17.6 Å². The normalized spacial score (nSPS) is 14.4. The van der Waals surface area contributed by atoms with E-state index in [9.17, 15) is 18.0 Å². The van der Waals surface area contributed by atoms with Gasteiger partial charge in [-0.25, -0.2) is 4.98 Å². The summed E-state index contributed by atoms with van der Waals surface area (Å²) in [6.07, 6.45) is -3.62. The Hall–Kier alpha value is -2.71. The Balaban J connectivity index is 1.41. The molecule has 29 heavy (non-hydrogen) atoms. The second kappa shape index (κ2) is 7.96. The van der Waals surface area contributed by atoms with Crippen LogP contribution in [0.3, 0.4) is 0 Å². The van der Waals surface area contributed by atoms with Gasteiger partial charge in [-0.05, 0) is 29.8 Å². The van der Waals surface area contributed by atoms with E-state index in [1.807, 2.05) is 18.2 Å². The van der Waals surface area contributed by atoms with E-state index in [-0.39, 0.29) is 5.56 Å². The third kappa shape index (κ3) is 4.65. The molecule has 0 saturated carbocycles. The number of thiazole rings is 1. The molecule has 4 rings (SSSR count). The van der Waals surface area contributed by atoms with Crippen LogP contribution in [0.25, 0.3) is 0 Å². The van der Waals surface area contributed by atoms with Crippen molar-refractivity contribution in [3.63, 3.8) is 0 Å². The molecule has 1 aliphatic heterocycles. The average molecular weight is 417 g/mol. The molecule has 1 aliphatic rings. The number of nitrogens with one attached hydrogen (secondary N) is 1. The van der Waals surface area contributed by atoms with E-state index in [0.29, 0.717) is 5.13 Å². The molecule has 0 aliphatic carbocycles. The Morgan fingerprint density at radius 1 is 1.10 bits per heavy atom. The van der Waals surface area contributed by atoms with Crippen LogP contribution < -0.4 is 5.32 Å². The minimum absolute atomic E-state index is 0.164. The molecule has 0 bridgehead atoms. The number of nitrogens with zero attached hydrogens (tertiary/aromatic N) is 2. The summed E-state index contributed by atoms with van der Waals surface area (Å²) >= 11 is 1.42. The van der Waals surface area contributed by atoms with Gasteiger partial charge in [0.15, 0.2) is 5.13 Å². The summed E-state index contributed by atoms with van der Waals surface area (Å²) in [6, 6.07) is 14.4. The first kappa shape index (κ1) is 19.6. The third-order valence-electron chi connectivity index (χ3n) is 4.75. The van der Waals surface area contributed by atoms with E-state index in [0.717, 1.165) is 48.8 Å². The van der Waals surface area contributed by atoms with Gasteiger partial charge in [0.25, 0.3) is 5.91 Å². The van der Waals surface area contributed by atoms with Crippen LogP contribution in [-0.2, 0) is 25.7 Å². The molecule has 1 aromatic heterocycles. The van der Waals surface area contributed by atoms with Crippen molar-refractivity contribution >= 4 is 22.4 Å². The topological polar surface area (TPSA) is 45.2 Å². The molecule has 0 radical (unpaired) electrons. The Morgan fingerprint density at radius 2 is 1.83 bits per heavy atom. The molecule has 0 atom stereocenters. The number of amides is 1. The van der Waals surface area contributed by atoms with E-state index in [2.05, 4.69) is 27.3 Å². The van der Waals surface area contributed by atoms with Crippen LogP contribution in [0.4, 0.5) is 18.3 Å². The van der Waals surface area contributed by atoms with Gasteiger partial charge in [0, 0.05) is 36.5 Å². The van der Waals surface area contributed by atoms with Crippen molar-refractivity contribution in [3.8, 4) is 0 Å². The predicted octanol–water partition coefficient (Wildman–Crippen LogP) is 4.97. The number of carbonyl (C=O) groups excluding carboxylic acids is 1. The van der Waals surface area contributed by atoms with E-state index >= 15 is 0 Å². The Labute approximate surface area is 170 Å². The highest BCUT2D eigenvalue weighted by Crippen LogP contribution is 2.31. The quantitative estimate of drug-likeness (QED) is 0.652. The zero-order chi connectivity index (χ0) is 20.4. The van der Waals surface area contributed by atoms with Crippen molar-refractivity contribution < 1.29 is 18.0 Å². The second-order valence-corrected chi connectivity index (χ2v) is 7.95. The van der Waals surface area contributed by atoms with Gasteiger partial charge in [-0.15, -0.1) is 11.3 Å². The number of benzene rings is 2. The molecule has 0 fully saturated rings. The van der Waals surface area contributed by atoms with Gasteiger partial charge in [0.2, 0.25) is 0 Å². The van der Waals surface area contributed by atoms with Crippen LogP contribution >= 0.6 is 11.3 Å². The van der Waals surface area contributed by atoms with Crippen molar-refractivity contribution in [2.24, 2.45) is 0 Å². The van der Waals surface area contributed by atoms with Gasteiger partial charge in [-0.2, -0.15) is 13.2 Å². The number of carbonyl (C=O) groups is 1. The number of halogens is 3. The lowest BCUT2D eigenvalue weighted by molar-refractivity contribution is -0.137. The highest BCUT2D eigenvalue weighted by molar-refractivity contribution is 7.15. The third-order valence-corrected chi connectivity index (χ3v) is 5.75. The summed E-state index contributed by atoms with van der Waals surface area (Å²) in [5.41, 5.74) is 1.60. The van der Waals surface area contributed by atoms with Crippen LogP contribution in [0.5, 0.6) is 0 Å². The zero-order valence-electron chi connectivity index (χ0n) is 15.4. The summed E-state index contributed by atoms with van der Waals surface area (Å²) in [7, 11) is 0. The molecule has 3 aromatic rings. The molecule has 0 spiro atoms. The summed E-state index contributed by atoms with van der Waals surface area (Å²) < 4.78 is 38.0. The highest BCUT2D eigenvalue weighted by atomic mass is 32.1. The lowest BCUT2D eigenvalue weighted by atomic mass is 10.1. The van der Waals surface area contributed by atoms with E-state index in [1.165, 1.54) is 29.0 Å². The average Bonchev–Trinajstić information content (AvgIpc) is 3.09. The first-order chi connectivity index (χ1) is 13.9. The minimum Gasteiger partial charge on any atom is -0.298 e. The smallest absolute Gasteiger partial charge is 0.298 e. The maximum Gasteiger partial charge on any atom is 0.416 e. The molecule has 1 amide bonds. The molecule has 2 heterocycles. The Kier molecular flexibility index (Phi) is 5.38. The number of anilines is 1. The van der Waals surface area contributed by atoms with Crippen molar-refractivity contribution in [2.75, 3.05) is 11.9 Å². The van der Waals surface area contributed by atoms with Gasteiger partial charge in [0.1, 0.15) is 0 Å². The van der Waals surface area contributed by atoms with E-state index in [4.69, 9.17) is 0 Å². The minimum atomic E-state index is -4.42. The molecule has 150 valence electrons. The summed E-state index contributed by atoms with van der Waals surface area (Å²) in [5, 5.41) is 3.18. The van der Waals surface area contributed by atoms with Crippen LogP contribution in [0.2, 0.25) is 0 Å². The summed E-state index contributed by atoms with van der Waals surface area (Å²) in [6.45, 7) is 2.50. The van der Waals surface area contributed by atoms with Crippen molar-refractivity contribution in [1.82, 2.24) is 9.88 Å². The molecular formula is C21H18F3N3OS. The number of hydrogen-bond acceptors (Lipinski definition) is 4.